The number of benzene rings is 1. The minimum atomic E-state index is -0.744. The number of carboxylic acid groups (broad SMARTS) is 1. The van der Waals surface area contributed by atoms with E-state index < -0.39 is 5.97 Å². The molecule has 1 unspecified atom stereocenters. The number of aliphatic carboxylic acids is 1. The fourth-order valence-electron chi connectivity index (χ4n) is 1.81. The molecule has 0 saturated heterocycles. The third-order valence-electron chi connectivity index (χ3n) is 2.83. The quantitative estimate of drug-likeness (QED) is 0.826. The summed E-state index contributed by atoms with van der Waals surface area (Å²) in [5.41, 5.74) is 0.968. The highest BCUT2D eigenvalue weighted by Crippen LogP contribution is 2.24. The lowest BCUT2D eigenvalue weighted by Gasteiger charge is -2.18. The van der Waals surface area contributed by atoms with Crippen LogP contribution in [-0.4, -0.2) is 17.7 Å². The number of para-hydroxylation sites is 1. The van der Waals surface area contributed by atoms with Crippen molar-refractivity contribution >= 4 is 5.97 Å². The van der Waals surface area contributed by atoms with Crippen LogP contribution in [-0.2, 0) is 11.2 Å². The van der Waals surface area contributed by atoms with Gasteiger partial charge in [-0.1, -0.05) is 32.0 Å². The number of rotatable bonds is 6. The topological polar surface area (TPSA) is 46.5 Å². The molecule has 0 aromatic heterocycles. The summed E-state index contributed by atoms with van der Waals surface area (Å²) in [6, 6.07) is 7.64. The van der Waals surface area contributed by atoms with Crippen LogP contribution in [0.25, 0.3) is 0 Å². The molecule has 1 atom stereocenters. The molecule has 1 aromatic rings. The van der Waals surface area contributed by atoms with Gasteiger partial charge in [0.25, 0.3) is 0 Å². The Balaban J connectivity index is 2.88. The highest BCUT2D eigenvalue weighted by atomic mass is 16.5. The van der Waals surface area contributed by atoms with Crippen molar-refractivity contribution < 1.29 is 14.6 Å². The van der Waals surface area contributed by atoms with Crippen LogP contribution < -0.4 is 4.74 Å². The van der Waals surface area contributed by atoms with Gasteiger partial charge in [0.1, 0.15) is 5.75 Å². The van der Waals surface area contributed by atoms with E-state index in [2.05, 4.69) is 0 Å². The van der Waals surface area contributed by atoms with Crippen LogP contribution >= 0.6 is 0 Å². The summed E-state index contributed by atoms with van der Waals surface area (Å²) in [6.45, 7) is 6.38. The molecule has 0 amide bonds. The van der Waals surface area contributed by atoms with Gasteiger partial charge in [-0.15, -0.1) is 0 Å². The van der Waals surface area contributed by atoms with Crippen LogP contribution in [0.3, 0.4) is 0 Å². The molecule has 0 spiro atoms. The van der Waals surface area contributed by atoms with E-state index in [1.54, 1.807) is 0 Å². The largest absolute Gasteiger partial charge is 0.494 e. The summed E-state index contributed by atoms with van der Waals surface area (Å²) in [7, 11) is 0. The molecule has 0 aliphatic carbocycles. The van der Waals surface area contributed by atoms with Crippen molar-refractivity contribution in [3.05, 3.63) is 29.8 Å². The third-order valence-corrected chi connectivity index (χ3v) is 2.83. The SMILES string of the molecule is CCOc1ccccc1CC(C(=O)O)C(C)C. The van der Waals surface area contributed by atoms with Gasteiger partial charge >= 0.3 is 5.97 Å². The van der Waals surface area contributed by atoms with E-state index in [1.807, 2.05) is 45.0 Å². The Morgan fingerprint density at radius 1 is 1.35 bits per heavy atom. The summed E-state index contributed by atoms with van der Waals surface area (Å²) in [5, 5.41) is 9.18. The zero-order valence-electron chi connectivity index (χ0n) is 10.6. The smallest absolute Gasteiger partial charge is 0.307 e. The standard InChI is InChI=1S/C14H20O3/c1-4-17-13-8-6-5-7-11(13)9-12(10(2)3)14(15)16/h5-8,10,12H,4,9H2,1-3H3,(H,15,16). The lowest BCUT2D eigenvalue weighted by atomic mass is 9.89. The van der Waals surface area contributed by atoms with Gasteiger partial charge in [0.2, 0.25) is 0 Å². The maximum absolute atomic E-state index is 11.2. The van der Waals surface area contributed by atoms with E-state index in [1.165, 1.54) is 0 Å². The van der Waals surface area contributed by atoms with Crippen molar-refractivity contribution in [3.8, 4) is 5.75 Å². The third kappa shape index (κ3) is 3.77. The first-order valence-corrected chi connectivity index (χ1v) is 5.99. The van der Waals surface area contributed by atoms with E-state index in [0.29, 0.717) is 13.0 Å². The van der Waals surface area contributed by atoms with Gasteiger partial charge in [0.15, 0.2) is 0 Å². The zero-order chi connectivity index (χ0) is 12.8. The number of carbonyl (C=O) groups is 1. The Hall–Kier alpha value is -1.51. The number of ether oxygens (including phenoxy) is 1. The molecule has 1 N–H and O–H groups in total. The zero-order valence-corrected chi connectivity index (χ0v) is 10.6. The van der Waals surface area contributed by atoms with E-state index in [9.17, 15) is 9.90 Å². The lowest BCUT2D eigenvalue weighted by molar-refractivity contribution is -0.143. The second-order valence-electron chi connectivity index (χ2n) is 4.43. The molecule has 0 fully saturated rings. The molecule has 0 radical (unpaired) electrons. The van der Waals surface area contributed by atoms with Gasteiger partial charge in [-0.2, -0.15) is 0 Å². The molecule has 0 heterocycles. The average Bonchev–Trinajstić information content (AvgIpc) is 2.27. The molecule has 3 heteroatoms. The van der Waals surface area contributed by atoms with Crippen LogP contribution in [0.2, 0.25) is 0 Å². The predicted molar refractivity (Wildman–Crippen MR) is 67.3 cm³/mol. The van der Waals surface area contributed by atoms with Crippen LogP contribution in [0.5, 0.6) is 5.75 Å². The number of hydrogen-bond acceptors (Lipinski definition) is 2. The summed E-state index contributed by atoms with van der Waals surface area (Å²) in [6.07, 6.45) is 0.517. The Morgan fingerprint density at radius 3 is 2.53 bits per heavy atom. The first kappa shape index (κ1) is 13.6. The maximum atomic E-state index is 11.2. The van der Waals surface area contributed by atoms with Gasteiger partial charge in [0.05, 0.1) is 12.5 Å². The molecule has 0 aliphatic heterocycles. The van der Waals surface area contributed by atoms with Crippen molar-refractivity contribution in [1.82, 2.24) is 0 Å². The number of hydrogen-bond donors (Lipinski definition) is 1. The first-order valence-electron chi connectivity index (χ1n) is 5.99. The van der Waals surface area contributed by atoms with Crippen LogP contribution in [0.1, 0.15) is 26.3 Å². The normalized spacial score (nSPS) is 12.5. The van der Waals surface area contributed by atoms with Gasteiger partial charge in [-0.05, 0) is 30.9 Å². The second-order valence-corrected chi connectivity index (χ2v) is 4.43. The second kappa shape index (κ2) is 6.28. The average molecular weight is 236 g/mol. The summed E-state index contributed by atoms with van der Waals surface area (Å²) < 4.78 is 5.50. The molecule has 1 aromatic carbocycles. The predicted octanol–water partition coefficient (Wildman–Crippen LogP) is 2.98. The minimum Gasteiger partial charge on any atom is -0.494 e. The summed E-state index contributed by atoms with van der Waals surface area (Å²) in [4.78, 5) is 11.2. The van der Waals surface area contributed by atoms with Crippen LogP contribution in [0.4, 0.5) is 0 Å². The minimum absolute atomic E-state index is 0.113. The molecular weight excluding hydrogens is 216 g/mol. The molecule has 17 heavy (non-hydrogen) atoms. The van der Waals surface area contributed by atoms with Gasteiger partial charge < -0.3 is 9.84 Å². The summed E-state index contributed by atoms with van der Waals surface area (Å²) in [5.74, 6) is -0.202. The van der Waals surface area contributed by atoms with E-state index in [-0.39, 0.29) is 11.8 Å². The van der Waals surface area contributed by atoms with Crippen molar-refractivity contribution in [2.24, 2.45) is 11.8 Å². The molecule has 0 saturated carbocycles. The molecule has 0 bridgehead atoms. The summed E-state index contributed by atoms with van der Waals surface area (Å²) >= 11 is 0. The lowest BCUT2D eigenvalue weighted by Crippen LogP contribution is -2.22. The van der Waals surface area contributed by atoms with Gasteiger partial charge in [-0.25, -0.2) is 0 Å². The van der Waals surface area contributed by atoms with Crippen LogP contribution in [0, 0.1) is 11.8 Å². The Labute approximate surface area is 102 Å². The monoisotopic (exact) mass is 236 g/mol. The number of carboxylic acids is 1. The maximum Gasteiger partial charge on any atom is 0.307 e. The van der Waals surface area contributed by atoms with Gasteiger partial charge in [0, 0.05) is 0 Å². The van der Waals surface area contributed by atoms with Crippen molar-refractivity contribution in [3.63, 3.8) is 0 Å². The van der Waals surface area contributed by atoms with Crippen molar-refractivity contribution in [2.45, 2.75) is 27.2 Å². The first-order chi connectivity index (χ1) is 8.06. The van der Waals surface area contributed by atoms with E-state index in [0.717, 1.165) is 11.3 Å². The Morgan fingerprint density at radius 2 is 2.00 bits per heavy atom. The molecular formula is C14H20O3. The molecule has 1 rings (SSSR count). The van der Waals surface area contributed by atoms with E-state index in [4.69, 9.17) is 4.74 Å². The van der Waals surface area contributed by atoms with E-state index >= 15 is 0 Å². The van der Waals surface area contributed by atoms with Crippen LogP contribution in [0.15, 0.2) is 24.3 Å². The van der Waals surface area contributed by atoms with Crippen molar-refractivity contribution in [1.29, 1.82) is 0 Å². The van der Waals surface area contributed by atoms with Gasteiger partial charge in [-0.3, -0.25) is 4.79 Å². The molecule has 3 nitrogen and oxygen atoms in total. The highest BCUT2D eigenvalue weighted by molar-refractivity contribution is 5.70. The molecule has 94 valence electrons. The fraction of sp³-hybridized carbons (Fsp3) is 0.500. The Bertz CT molecular complexity index is 371. The fourth-order valence-corrected chi connectivity index (χ4v) is 1.81. The van der Waals surface area contributed by atoms with Crippen molar-refractivity contribution in [2.75, 3.05) is 6.61 Å². The highest BCUT2D eigenvalue weighted by Gasteiger charge is 2.23. The molecule has 0 aliphatic rings. The Kier molecular flexibility index (Phi) is 5.01.